The largest absolute Gasteiger partial charge is 0.450 e. The Kier molecular flexibility index (Phi) is 4.92. The van der Waals surface area contributed by atoms with Crippen molar-refractivity contribution < 1.29 is 23.9 Å². The van der Waals surface area contributed by atoms with Crippen LogP contribution < -0.4 is 0 Å². The molecule has 1 spiro atoms. The molecule has 0 saturated carbocycles. The SMILES string of the molecule is CCOC(=O)N1CCN(C(=O)[C@@H]2[C@H]3C=C[C@@]4(CN(Cc5ccncc5)C(=O)[C@@H]24)O3)CC1. The summed E-state index contributed by atoms with van der Waals surface area (Å²) in [7, 11) is 0. The van der Waals surface area contributed by atoms with Crippen molar-refractivity contribution in [2.24, 2.45) is 11.8 Å². The fourth-order valence-corrected chi connectivity index (χ4v) is 5.24. The first-order valence-electron chi connectivity index (χ1n) is 10.8. The van der Waals surface area contributed by atoms with Crippen molar-refractivity contribution in [3.8, 4) is 0 Å². The van der Waals surface area contributed by atoms with Crippen molar-refractivity contribution in [2.75, 3.05) is 39.3 Å². The molecule has 5 heterocycles. The van der Waals surface area contributed by atoms with Crippen LogP contribution in [0.15, 0.2) is 36.7 Å². The summed E-state index contributed by atoms with van der Waals surface area (Å²) in [6, 6.07) is 3.78. The molecule has 2 bridgehead atoms. The van der Waals surface area contributed by atoms with Crippen LogP contribution in [0.25, 0.3) is 0 Å². The quantitative estimate of drug-likeness (QED) is 0.657. The Labute approximate surface area is 180 Å². The molecule has 0 N–H and O–H groups in total. The van der Waals surface area contributed by atoms with Gasteiger partial charge in [0.25, 0.3) is 0 Å². The zero-order valence-corrected chi connectivity index (χ0v) is 17.5. The lowest BCUT2D eigenvalue weighted by Crippen LogP contribution is -2.54. The molecule has 0 radical (unpaired) electrons. The molecule has 9 nitrogen and oxygen atoms in total. The topological polar surface area (TPSA) is 92.3 Å². The molecule has 1 aromatic heterocycles. The summed E-state index contributed by atoms with van der Waals surface area (Å²) in [4.78, 5) is 47.9. The molecule has 164 valence electrons. The van der Waals surface area contributed by atoms with E-state index in [0.717, 1.165) is 5.56 Å². The lowest BCUT2D eigenvalue weighted by molar-refractivity contribution is -0.144. The van der Waals surface area contributed by atoms with Crippen LogP contribution in [0.4, 0.5) is 4.79 Å². The van der Waals surface area contributed by atoms with Gasteiger partial charge in [0, 0.05) is 45.1 Å². The molecule has 1 aromatic rings. The normalized spacial score (nSPS) is 31.3. The Hall–Kier alpha value is -2.94. The number of amides is 3. The van der Waals surface area contributed by atoms with E-state index in [0.29, 0.717) is 45.9 Å². The lowest BCUT2D eigenvalue weighted by Gasteiger charge is -2.36. The number of carbonyl (C=O) groups is 3. The number of hydrogen-bond donors (Lipinski definition) is 0. The number of piperazine rings is 1. The Bertz CT molecular complexity index is 914. The number of ether oxygens (including phenoxy) is 2. The van der Waals surface area contributed by atoms with E-state index in [1.807, 2.05) is 24.3 Å². The highest BCUT2D eigenvalue weighted by molar-refractivity contribution is 5.93. The van der Waals surface area contributed by atoms with E-state index in [1.54, 1.807) is 34.0 Å². The van der Waals surface area contributed by atoms with Crippen molar-refractivity contribution in [1.82, 2.24) is 19.7 Å². The molecule has 31 heavy (non-hydrogen) atoms. The van der Waals surface area contributed by atoms with Gasteiger partial charge in [-0.3, -0.25) is 14.6 Å². The first-order chi connectivity index (χ1) is 15.0. The van der Waals surface area contributed by atoms with Crippen molar-refractivity contribution in [2.45, 2.75) is 25.2 Å². The third-order valence-corrected chi connectivity index (χ3v) is 6.70. The van der Waals surface area contributed by atoms with E-state index in [9.17, 15) is 14.4 Å². The summed E-state index contributed by atoms with van der Waals surface area (Å²) in [5.41, 5.74) is 0.276. The van der Waals surface area contributed by atoms with E-state index in [1.165, 1.54) is 0 Å². The Morgan fingerprint density at radius 2 is 1.90 bits per heavy atom. The summed E-state index contributed by atoms with van der Waals surface area (Å²) in [5, 5.41) is 0. The molecule has 0 aromatic carbocycles. The maximum Gasteiger partial charge on any atom is 0.409 e. The average molecular weight is 426 g/mol. The number of hydrogen-bond acceptors (Lipinski definition) is 6. The van der Waals surface area contributed by atoms with Gasteiger partial charge in [-0.25, -0.2) is 4.79 Å². The van der Waals surface area contributed by atoms with Crippen LogP contribution in [-0.4, -0.2) is 88.6 Å². The molecular formula is C22H26N4O5. The zero-order valence-electron chi connectivity index (χ0n) is 17.5. The highest BCUT2D eigenvalue weighted by Gasteiger charge is 2.67. The van der Waals surface area contributed by atoms with Gasteiger partial charge in [0.15, 0.2) is 0 Å². The number of nitrogens with zero attached hydrogens (tertiary/aromatic N) is 4. The van der Waals surface area contributed by atoms with E-state index < -0.39 is 17.4 Å². The van der Waals surface area contributed by atoms with E-state index in [2.05, 4.69) is 4.98 Å². The molecule has 3 amide bonds. The van der Waals surface area contributed by atoms with Crippen LogP contribution in [0.2, 0.25) is 0 Å². The predicted molar refractivity (Wildman–Crippen MR) is 109 cm³/mol. The number of likely N-dealkylation sites (tertiary alicyclic amines) is 1. The standard InChI is InChI=1S/C22H26N4O5/c1-2-30-21(29)25-11-9-24(10-12-25)19(27)17-16-3-6-22(31-16)14-26(20(28)18(17)22)13-15-4-7-23-8-5-15/h3-8,16-18H,2,9-14H2,1H3/t16-,17-,18-,22+/m1/s1. The average Bonchev–Trinajstić information content (AvgIpc) is 3.42. The second-order valence-electron chi connectivity index (χ2n) is 8.46. The van der Waals surface area contributed by atoms with Gasteiger partial charge in [-0.1, -0.05) is 12.2 Å². The summed E-state index contributed by atoms with van der Waals surface area (Å²) < 4.78 is 11.3. The monoisotopic (exact) mass is 426 g/mol. The van der Waals surface area contributed by atoms with Crippen molar-refractivity contribution in [3.63, 3.8) is 0 Å². The second-order valence-corrected chi connectivity index (χ2v) is 8.46. The third kappa shape index (κ3) is 3.27. The van der Waals surface area contributed by atoms with Gasteiger partial charge >= 0.3 is 6.09 Å². The number of aromatic nitrogens is 1. The molecule has 0 unspecified atom stereocenters. The predicted octanol–water partition coefficient (Wildman–Crippen LogP) is 0.664. The van der Waals surface area contributed by atoms with Gasteiger partial charge in [0.1, 0.15) is 5.60 Å². The smallest absolute Gasteiger partial charge is 0.409 e. The van der Waals surface area contributed by atoms with Gasteiger partial charge in [0.05, 0.1) is 31.1 Å². The molecular weight excluding hydrogens is 400 g/mol. The third-order valence-electron chi connectivity index (χ3n) is 6.70. The zero-order chi connectivity index (χ0) is 21.6. The van der Waals surface area contributed by atoms with Crippen LogP contribution in [0.1, 0.15) is 12.5 Å². The van der Waals surface area contributed by atoms with Crippen molar-refractivity contribution >= 4 is 17.9 Å². The second kappa shape index (κ2) is 7.64. The van der Waals surface area contributed by atoms with Gasteiger partial charge in [0.2, 0.25) is 11.8 Å². The Morgan fingerprint density at radius 3 is 2.61 bits per heavy atom. The maximum atomic E-state index is 13.4. The van der Waals surface area contributed by atoms with E-state index in [4.69, 9.17) is 9.47 Å². The number of fused-ring (bicyclic) bond motifs is 1. The molecule has 3 fully saturated rings. The minimum absolute atomic E-state index is 0.0350. The minimum atomic E-state index is -0.720. The molecule has 4 atom stereocenters. The van der Waals surface area contributed by atoms with Gasteiger partial charge < -0.3 is 24.2 Å². The van der Waals surface area contributed by atoms with E-state index in [-0.39, 0.29) is 24.0 Å². The van der Waals surface area contributed by atoms with E-state index >= 15 is 0 Å². The highest BCUT2D eigenvalue weighted by Crippen LogP contribution is 2.52. The molecule has 4 aliphatic heterocycles. The first-order valence-corrected chi connectivity index (χ1v) is 10.8. The van der Waals surface area contributed by atoms with Crippen LogP contribution in [0.5, 0.6) is 0 Å². The fraction of sp³-hybridized carbons (Fsp3) is 0.545. The lowest BCUT2D eigenvalue weighted by atomic mass is 9.76. The van der Waals surface area contributed by atoms with Gasteiger partial charge in [-0.15, -0.1) is 0 Å². The minimum Gasteiger partial charge on any atom is -0.450 e. The van der Waals surface area contributed by atoms with Gasteiger partial charge in [-0.05, 0) is 24.6 Å². The summed E-state index contributed by atoms with van der Waals surface area (Å²) in [5.74, 6) is -1.12. The molecule has 4 aliphatic rings. The summed E-state index contributed by atoms with van der Waals surface area (Å²) in [6.07, 6.45) is 6.59. The van der Waals surface area contributed by atoms with Crippen molar-refractivity contribution in [1.29, 1.82) is 0 Å². The Balaban J connectivity index is 1.29. The number of rotatable bonds is 4. The molecule has 9 heteroatoms. The van der Waals surface area contributed by atoms with Gasteiger partial charge in [-0.2, -0.15) is 0 Å². The summed E-state index contributed by atoms with van der Waals surface area (Å²) >= 11 is 0. The fourth-order valence-electron chi connectivity index (χ4n) is 5.24. The maximum absolute atomic E-state index is 13.4. The van der Waals surface area contributed by atoms with Crippen LogP contribution in [0, 0.1) is 11.8 Å². The molecule has 5 rings (SSSR count). The number of carbonyl (C=O) groups excluding carboxylic acids is 3. The Morgan fingerprint density at radius 1 is 1.19 bits per heavy atom. The van der Waals surface area contributed by atoms with Crippen molar-refractivity contribution in [3.05, 3.63) is 42.2 Å². The molecule has 3 saturated heterocycles. The molecule has 0 aliphatic carbocycles. The highest BCUT2D eigenvalue weighted by atomic mass is 16.6. The first kappa shape index (κ1) is 20.0. The number of pyridine rings is 1. The summed E-state index contributed by atoms with van der Waals surface area (Å²) in [6.45, 7) is 4.73. The van der Waals surface area contributed by atoms with Crippen LogP contribution in [-0.2, 0) is 25.6 Å². The van der Waals surface area contributed by atoms with Crippen LogP contribution in [0.3, 0.4) is 0 Å². The van der Waals surface area contributed by atoms with Crippen LogP contribution >= 0.6 is 0 Å².